The number of unbranched alkanes of at least 4 members (excludes halogenated alkanes) is 2. The van der Waals surface area contributed by atoms with Crippen molar-refractivity contribution in [3.63, 3.8) is 0 Å². The second kappa shape index (κ2) is 10.5. The van der Waals surface area contributed by atoms with Gasteiger partial charge in [0.25, 0.3) is 0 Å². The van der Waals surface area contributed by atoms with Gasteiger partial charge in [-0.3, -0.25) is 4.79 Å². The van der Waals surface area contributed by atoms with Gasteiger partial charge in [0, 0.05) is 36.7 Å². The van der Waals surface area contributed by atoms with Crippen molar-refractivity contribution in [2.75, 3.05) is 25.1 Å². The van der Waals surface area contributed by atoms with Crippen molar-refractivity contribution in [1.82, 2.24) is 0 Å². The Morgan fingerprint density at radius 2 is 1.89 bits per heavy atom. The monoisotopic (exact) mass is 384 g/mol. The Labute approximate surface area is 165 Å². The van der Waals surface area contributed by atoms with Gasteiger partial charge >= 0.3 is 11.6 Å². The highest BCUT2D eigenvalue weighted by Crippen LogP contribution is 2.26. The first-order valence-electron chi connectivity index (χ1n) is 9.87. The molecule has 2 rings (SSSR count). The Kier molecular flexibility index (Phi) is 8.06. The van der Waals surface area contributed by atoms with E-state index in [9.17, 15) is 14.9 Å². The summed E-state index contributed by atoms with van der Waals surface area (Å²) in [5, 5.41) is 10.2. The third-order valence-corrected chi connectivity index (χ3v) is 4.83. The molecule has 1 aromatic heterocycles. The summed E-state index contributed by atoms with van der Waals surface area (Å²) in [5.74, 6) is -0.429. The van der Waals surface area contributed by atoms with Crippen LogP contribution in [0.1, 0.15) is 57.1 Å². The topological polar surface area (TPSA) is 83.5 Å². The van der Waals surface area contributed by atoms with Crippen LogP contribution >= 0.6 is 0 Å². The molecule has 0 N–H and O–H groups in total. The average Bonchev–Trinajstić information content (AvgIpc) is 2.71. The lowest BCUT2D eigenvalue weighted by atomic mass is 10.0. The fraction of sp³-hybridized carbons (Fsp3) is 0.500. The Morgan fingerprint density at radius 3 is 2.46 bits per heavy atom. The fourth-order valence-electron chi connectivity index (χ4n) is 3.18. The molecule has 150 valence electrons. The number of rotatable bonds is 10. The zero-order valence-electron chi connectivity index (χ0n) is 16.9. The summed E-state index contributed by atoms with van der Waals surface area (Å²) in [6, 6.07) is 7.76. The van der Waals surface area contributed by atoms with Gasteiger partial charge < -0.3 is 14.1 Å². The van der Waals surface area contributed by atoms with Crippen molar-refractivity contribution in [2.24, 2.45) is 0 Å². The molecule has 0 aliphatic heterocycles. The molecule has 0 atom stereocenters. The lowest BCUT2D eigenvalue weighted by Gasteiger charge is -2.25. The van der Waals surface area contributed by atoms with Crippen LogP contribution in [-0.2, 0) is 16.0 Å². The van der Waals surface area contributed by atoms with E-state index in [1.165, 1.54) is 7.11 Å². The normalized spacial score (nSPS) is 10.6. The molecule has 6 nitrogen and oxygen atoms in total. The highest BCUT2D eigenvalue weighted by molar-refractivity contribution is 5.87. The number of hydrogen-bond acceptors (Lipinski definition) is 6. The zero-order valence-corrected chi connectivity index (χ0v) is 16.9. The molecule has 0 aliphatic carbocycles. The van der Waals surface area contributed by atoms with E-state index in [1.807, 2.05) is 18.2 Å². The van der Waals surface area contributed by atoms with Gasteiger partial charge in [0.05, 0.1) is 18.2 Å². The second-order valence-corrected chi connectivity index (χ2v) is 6.81. The van der Waals surface area contributed by atoms with Crippen molar-refractivity contribution in [3.8, 4) is 6.07 Å². The Hall–Kier alpha value is -2.81. The maximum Gasteiger partial charge on any atom is 0.340 e. The molecular formula is C22H28N2O4. The summed E-state index contributed by atoms with van der Waals surface area (Å²) < 4.78 is 10.1. The number of ether oxygens (including phenoxy) is 1. The van der Waals surface area contributed by atoms with Gasteiger partial charge in [0.15, 0.2) is 0 Å². The molecular weight excluding hydrogens is 356 g/mol. The van der Waals surface area contributed by atoms with E-state index in [-0.39, 0.29) is 24.0 Å². The molecule has 0 aliphatic rings. The van der Waals surface area contributed by atoms with Crippen LogP contribution in [0, 0.1) is 11.3 Å². The van der Waals surface area contributed by atoms with E-state index in [1.54, 1.807) is 0 Å². The molecule has 0 unspecified atom stereocenters. The van der Waals surface area contributed by atoms with Crippen molar-refractivity contribution >= 4 is 22.6 Å². The minimum Gasteiger partial charge on any atom is -0.469 e. The molecule has 0 radical (unpaired) electrons. The fourth-order valence-corrected chi connectivity index (χ4v) is 3.18. The molecule has 0 spiro atoms. The van der Waals surface area contributed by atoms with Crippen LogP contribution in [0.25, 0.3) is 11.0 Å². The van der Waals surface area contributed by atoms with Crippen LogP contribution in [-0.4, -0.2) is 26.2 Å². The predicted molar refractivity (Wildman–Crippen MR) is 110 cm³/mol. The molecule has 6 heteroatoms. The van der Waals surface area contributed by atoms with Crippen LogP contribution in [0.3, 0.4) is 0 Å². The molecule has 28 heavy (non-hydrogen) atoms. The minimum absolute atomic E-state index is 0.0291. The largest absolute Gasteiger partial charge is 0.469 e. The van der Waals surface area contributed by atoms with Crippen molar-refractivity contribution in [3.05, 3.63) is 39.7 Å². The van der Waals surface area contributed by atoms with Gasteiger partial charge in [-0.15, -0.1) is 0 Å². The van der Waals surface area contributed by atoms with Crippen LogP contribution in [0.15, 0.2) is 27.4 Å². The Balaban J connectivity index is 2.44. The summed E-state index contributed by atoms with van der Waals surface area (Å²) in [5.41, 5.74) is 1.32. The second-order valence-electron chi connectivity index (χ2n) is 6.81. The van der Waals surface area contributed by atoms with E-state index in [4.69, 9.17) is 4.42 Å². The molecule has 0 fully saturated rings. The number of carbonyl (C=O) groups is 1. The van der Waals surface area contributed by atoms with Crippen LogP contribution < -0.4 is 10.5 Å². The third kappa shape index (κ3) is 5.13. The maximum absolute atomic E-state index is 12.5. The lowest BCUT2D eigenvalue weighted by molar-refractivity contribution is -0.140. The van der Waals surface area contributed by atoms with Crippen LogP contribution in [0.4, 0.5) is 5.69 Å². The predicted octanol–water partition coefficient (Wildman–Crippen LogP) is 4.18. The van der Waals surface area contributed by atoms with Gasteiger partial charge in [-0.2, -0.15) is 5.26 Å². The van der Waals surface area contributed by atoms with Crippen molar-refractivity contribution < 1.29 is 13.9 Å². The van der Waals surface area contributed by atoms with Crippen LogP contribution in [0.2, 0.25) is 0 Å². The standard InChI is InChI=1S/C22H28N2O4/c1-4-6-12-24(13-7-5-2)16-8-9-17-19(15-23)18(10-11-21(25)27-3)22(26)28-20(17)14-16/h8-9,14H,4-7,10-13H2,1-3H3. The number of anilines is 1. The summed E-state index contributed by atoms with van der Waals surface area (Å²) in [6.45, 7) is 6.20. The maximum atomic E-state index is 12.5. The Bertz CT molecular complexity index is 903. The average molecular weight is 384 g/mol. The summed E-state index contributed by atoms with van der Waals surface area (Å²) >= 11 is 0. The van der Waals surface area contributed by atoms with Gasteiger partial charge in [0.1, 0.15) is 11.7 Å². The molecule has 1 aromatic carbocycles. The highest BCUT2D eigenvalue weighted by atomic mass is 16.5. The van der Waals surface area contributed by atoms with E-state index < -0.39 is 11.6 Å². The van der Waals surface area contributed by atoms with E-state index >= 15 is 0 Å². The number of carbonyl (C=O) groups excluding carboxylic acids is 1. The first kappa shape index (κ1) is 21.5. The highest BCUT2D eigenvalue weighted by Gasteiger charge is 2.17. The van der Waals surface area contributed by atoms with Gasteiger partial charge in [-0.25, -0.2) is 4.79 Å². The summed E-state index contributed by atoms with van der Waals surface area (Å²) in [4.78, 5) is 26.2. The lowest BCUT2D eigenvalue weighted by Crippen LogP contribution is -2.25. The first-order chi connectivity index (χ1) is 13.5. The summed E-state index contributed by atoms with van der Waals surface area (Å²) in [7, 11) is 1.29. The van der Waals surface area contributed by atoms with Gasteiger partial charge in [-0.05, 0) is 31.4 Å². The van der Waals surface area contributed by atoms with Crippen LogP contribution in [0.5, 0.6) is 0 Å². The molecule has 2 aromatic rings. The zero-order chi connectivity index (χ0) is 20.5. The molecule has 0 amide bonds. The minimum atomic E-state index is -0.571. The number of nitriles is 1. The molecule has 0 saturated carbocycles. The number of benzene rings is 1. The molecule has 0 saturated heterocycles. The summed E-state index contributed by atoms with van der Waals surface area (Å²) in [6.07, 6.45) is 4.53. The number of fused-ring (bicyclic) bond motifs is 1. The molecule has 1 heterocycles. The SMILES string of the molecule is CCCCN(CCCC)c1ccc2c(C#N)c(CCC(=O)OC)c(=O)oc2c1. The Morgan fingerprint density at radius 1 is 1.21 bits per heavy atom. The van der Waals surface area contributed by atoms with E-state index in [2.05, 4.69) is 29.6 Å². The van der Waals surface area contributed by atoms with Crippen molar-refractivity contribution in [1.29, 1.82) is 5.26 Å². The molecule has 0 bridgehead atoms. The number of methoxy groups -OCH3 is 1. The third-order valence-electron chi connectivity index (χ3n) is 4.83. The van der Waals surface area contributed by atoms with E-state index in [0.717, 1.165) is 44.5 Å². The number of esters is 1. The smallest absolute Gasteiger partial charge is 0.340 e. The van der Waals surface area contributed by atoms with Gasteiger partial charge in [0.2, 0.25) is 0 Å². The van der Waals surface area contributed by atoms with Gasteiger partial charge in [-0.1, -0.05) is 26.7 Å². The van der Waals surface area contributed by atoms with Crippen molar-refractivity contribution in [2.45, 2.75) is 52.4 Å². The quantitative estimate of drug-likeness (QED) is 0.451. The number of hydrogen-bond donors (Lipinski definition) is 0. The first-order valence-corrected chi connectivity index (χ1v) is 9.87. The number of nitrogens with zero attached hydrogens (tertiary/aromatic N) is 2. The van der Waals surface area contributed by atoms with E-state index in [0.29, 0.717) is 11.0 Å².